The fourth-order valence-electron chi connectivity index (χ4n) is 3.56. The molecular formula is C17H21NO3. The van der Waals surface area contributed by atoms with E-state index in [1.807, 2.05) is 31.2 Å². The topological polar surface area (TPSA) is 55.4 Å². The first kappa shape index (κ1) is 14.1. The van der Waals surface area contributed by atoms with E-state index in [-0.39, 0.29) is 24.2 Å². The average Bonchev–Trinajstić information content (AvgIpc) is 2.78. The van der Waals surface area contributed by atoms with E-state index in [0.717, 1.165) is 43.4 Å². The van der Waals surface area contributed by atoms with Gasteiger partial charge in [-0.15, -0.1) is 0 Å². The second kappa shape index (κ2) is 5.51. The molecule has 1 aliphatic heterocycles. The first-order valence-corrected chi connectivity index (χ1v) is 7.69. The Hall–Kier alpha value is -1.84. The van der Waals surface area contributed by atoms with Crippen LogP contribution in [0, 0.1) is 12.8 Å². The van der Waals surface area contributed by atoms with Crippen molar-refractivity contribution in [3.8, 4) is 0 Å². The number of para-hydroxylation sites is 1. The Morgan fingerprint density at radius 3 is 2.67 bits per heavy atom. The SMILES string of the molecule is Cc1ccccc1NC(=O)[C@H]1CC(=O)OC12CCCCC2. The summed E-state index contributed by atoms with van der Waals surface area (Å²) < 4.78 is 5.59. The molecule has 4 heteroatoms. The van der Waals surface area contributed by atoms with Crippen LogP contribution in [0.2, 0.25) is 0 Å². The van der Waals surface area contributed by atoms with Gasteiger partial charge in [-0.1, -0.05) is 24.6 Å². The molecule has 1 atom stereocenters. The summed E-state index contributed by atoms with van der Waals surface area (Å²) in [4.78, 5) is 24.4. The lowest BCUT2D eigenvalue weighted by Crippen LogP contribution is -2.43. The van der Waals surface area contributed by atoms with E-state index in [0.29, 0.717) is 0 Å². The maximum Gasteiger partial charge on any atom is 0.307 e. The molecule has 1 amide bonds. The molecule has 0 bridgehead atoms. The number of nitrogens with one attached hydrogen (secondary N) is 1. The van der Waals surface area contributed by atoms with Crippen molar-refractivity contribution in [1.29, 1.82) is 0 Å². The van der Waals surface area contributed by atoms with Gasteiger partial charge in [-0.25, -0.2) is 0 Å². The number of carbonyl (C=O) groups excluding carboxylic acids is 2. The third-order valence-electron chi connectivity index (χ3n) is 4.74. The van der Waals surface area contributed by atoms with Gasteiger partial charge >= 0.3 is 5.97 Å². The molecule has 2 aliphatic rings. The van der Waals surface area contributed by atoms with Gasteiger partial charge in [-0.3, -0.25) is 9.59 Å². The van der Waals surface area contributed by atoms with Crippen LogP contribution >= 0.6 is 0 Å². The number of hydrogen-bond donors (Lipinski definition) is 1. The molecule has 0 aromatic heterocycles. The van der Waals surface area contributed by atoms with Gasteiger partial charge in [-0.05, 0) is 44.2 Å². The second-order valence-corrected chi connectivity index (χ2v) is 6.16. The van der Waals surface area contributed by atoms with Crippen molar-refractivity contribution in [1.82, 2.24) is 0 Å². The highest BCUT2D eigenvalue weighted by Gasteiger charge is 2.52. The van der Waals surface area contributed by atoms with Crippen LogP contribution < -0.4 is 5.32 Å². The second-order valence-electron chi connectivity index (χ2n) is 6.16. The Labute approximate surface area is 124 Å². The van der Waals surface area contributed by atoms with Gasteiger partial charge < -0.3 is 10.1 Å². The largest absolute Gasteiger partial charge is 0.458 e. The van der Waals surface area contributed by atoms with Gasteiger partial charge in [0.1, 0.15) is 5.60 Å². The van der Waals surface area contributed by atoms with E-state index in [1.165, 1.54) is 0 Å². The fraction of sp³-hybridized carbons (Fsp3) is 0.529. The zero-order chi connectivity index (χ0) is 14.9. The third kappa shape index (κ3) is 2.67. The predicted octanol–water partition coefficient (Wildman–Crippen LogP) is 3.20. The lowest BCUT2D eigenvalue weighted by atomic mass is 9.75. The van der Waals surface area contributed by atoms with Crippen molar-refractivity contribution in [2.75, 3.05) is 5.32 Å². The summed E-state index contributed by atoms with van der Waals surface area (Å²) in [6.07, 6.45) is 5.04. The van der Waals surface area contributed by atoms with Gasteiger partial charge in [0.25, 0.3) is 0 Å². The zero-order valence-corrected chi connectivity index (χ0v) is 12.4. The third-order valence-corrected chi connectivity index (χ3v) is 4.74. The molecule has 1 aromatic rings. The van der Waals surface area contributed by atoms with E-state index in [1.54, 1.807) is 0 Å². The minimum absolute atomic E-state index is 0.0861. The standard InChI is InChI=1S/C17H21NO3/c1-12-7-3-4-8-14(12)18-16(20)13-11-15(19)21-17(13)9-5-2-6-10-17/h3-4,7-8,13H,2,5-6,9-11H2,1H3,(H,18,20)/t13-/m1/s1. The number of amides is 1. The number of rotatable bonds is 2. The first-order valence-electron chi connectivity index (χ1n) is 7.69. The van der Waals surface area contributed by atoms with E-state index >= 15 is 0 Å². The van der Waals surface area contributed by atoms with Crippen molar-refractivity contribution in [2.24, 2.45) is 5.92 Å². The molecule has 1 saturated carbocycles. The summed E-state index contributed by atoms with van der Waals surface area (Å²) in [5.74, 6) is -0.677. The van der Waals surface area contributed by atoms with Crippen LogP contribution in [-0.2, 0) is 14.3 Å². The molecule has 1 aromatic carbocycles. The summed E-state index contributed by atoms with van der Waals surface area (Å²) >= 11 is 0. The summed E-state index contributed by atoms with van der Waals surface area (Å²) in [7, 11) is 0. The summed E-state index contributed by atoms with van der Waals surface area (Å²) in [6.45, 7) is 1.96. The minimum Gasteiger partial charge on any atom is -0.458 e. The molecule has 112 valence electrons. The van der Waals surface area contributed by atoms with Crippen LogP contribution in [0.15, 0.2) is 24.3 Å². The zero-order valence-electron chi connectivity index (χ0n) is 12.4. The predicted molar refractivity (Wildman–Crippen MR) is 79.8 cm³/mol. The molecule has 1 spiro atoms. The van der Waals surface area contributed by atoms with Crippen molar-refractivity contribution in [3.05, 3.63) is 29.8 Å². The van der Waals surface area contributed by atoms with Crippen LogP contribution in [-0.4, -0.2) is 17.5 Å². The number of hydrogen-bond acceptors (Lipinski definition) is 3. The number of ether oxygens (including phenoxy) is 1. The van der Waals surface area contributed by atoms with Crippen LogP contribution in [0.1, 0.15) is 44.1 Å². The molecule has 21 heavy (non-hydrogen) atoms. The van der Waals surface area contributed by atoms with Crippen molar-refractivity contribution in [3.63, 3.8) is 0 Å². The highest BCUT2D eigenvalue weighted by atomic mass is 16.6. The van der Waals surface area contributed by atoms with Crippen LogP contribution in [0.4, 0.5) is 5.69 Å². The molecule has 1 saturated heterocycles. The quantitative estimate of drug-likeness (QED) is 0.850. The molecule has 2 fully saturated rings. The Kier molecular flexibility index (Phi) is 3.70. The van der Waals surface area contributed by atoms with Gasteiger partial charge in [0.05, 0.1) is 12.3 Å². The highest BCUT2D eigenvalue weighted by Crippen LogP contribution is 2.44. The van der Waals surface area contributed by atoms with Crippen LogP contribution in [0.5, 0.6) is 0 Å². The first-order chi connectivity index (χ1) is 10.1. The molecule has 1 heterocycles. The molecule has 4 nitrogen and oxygen atoms in total. The highest BCUT2D eigenvalue weighted by molar-refractivity contribution is 5.97. The Balaban J connectivity index is 1.79. The maximum absolute atomic E-state index is 12.6. The molecule has 1 aliphatic carbocycles. The molecule has 1 N–H and O–H groups in total. The van der Waals surface area contributed by atoms with Gasteiger partial charge in [0.15, 0.2) is 0 Å². The number of esters is 1. The Morgan fingerprint density at radius 2 is 1.95 bits per heavy atom. The Bertz CT molecular complexity index is 561. The minimum atomic E-state index is -0.553. The van der Waals surface area contributed by atoms with Crippen molar-refractivity contribution in [2.45, 2.75) is 51.0 Å². The summed E-state index contributed by atoms with van der Waals surface area (Å²) in [5.41, 5.74) is 1.28. The maximum atomic E-state index is 12.6. The van der Waals surface area contributed by atoms with Gasteiger partial charge in [0.2, 0.25) is 5.91 Å². The normalized spacial score (nSPS) is 23.9. The number of carbonyl (C=O) groups is 2. The summed E-state index contributed by atoms with van der Waals surface area (Å²) in [6, 6.07) is 7.69. The fourth-order valence-corrected chi connectivity index (χ4v) is 3.56. The van der Waals surface area contributed by atoms with Crippen LogP contribution in [0.3, 0.4) is 0 Å². The summed E-state index contributed by atoms with van der Waals surface area (Å²) in [5, 5.41) is 2.97. The molecule has 0 unspecified atom stereocenters. The van der Waals surface area contributed by atoms with E-state index in [4.69, 9.17) is 4.74 Å². The van der Waals surface area contributed by atoms with Crippen molar-refractivity contribution < 1.29 is 14.3 Å². The Morgan fingerprint density at radius 1 is 1.24 bits per heavy atom. The smallest absolute Gasteiger partial charge is 0.307 e. The van der Waals surface area contributed by atoms with E-state index in [2.05, 4.69) is 5.32 Å². The van der Waals surface area contributed by atoms with Gasteiger partial charge in [0, 0.05) is 5.69 Å². The van der Waals surface area contributed by atoms with E-state index < -0.39 is 5.60 Å². The lowest BCUT2D eigenvalue weighted by molar-refractivity contribution is -0.153. The van der Waals surface area contributed by atoms with E-state index in [9.17, 15) is 9.59 Å². The van der Waals surface area contributed by atoms with Gasteiger partial charge in [-0.2, -0.15) is 0 Å². The number of benzene rings is 1. The average molecular weight is 287 g/mol. The molecule has 0 radical (unpaired) electrons. The molecular weight excluding hydrogens is 266 g/mol. The van der Waals surface area contributed by atoms with Crippen LogP contribution in [0.25, 0.3) is 0 Å². The lowest BCUT2D eigenvalue weighted by Gasteiger charge is -2.36. The monoisotopic (exact) mass is 287 g/mol. The number of anilines is 1. The van der Waals surface area contributed by atoms with Crippen molar-refractivity contribution >= 4 is 17.6 Å². The number of aryl methyl sites for hydroxylation is 1. The molecule has 3 rings (SSSR count).